The lowest BCUT2D eigenvalue weighted by Gasteiger charge is -2.28. The number of pyridine rings is 1. The smallest absolute Gasteiger partial charge is 0.168 e. The van der Waals surface area contributed by atoms with Gasteiger partial charge < -0.3 is 10.3 Å². The van der Waals surface area contributed by atoms with E-state index in [2.05, 4.69) is 79.5 Å². The first-order chi connectivity index (χ1) is 15.4. The molecule has 31 heavy (non-hydrogen) atoms. The fourth-order valence-corrected chi connectivity index (χ4v) is 4.50. The van der Waals surface area contributed by atoms with Crippen molar-refractivity contribution in [3.8, 4) is 0 Å². The van der Waals surface area contributed by atoms with Crippen LogP contribution < -0.4 is 5.32 Å². The maximum Gasteiger partial charge on any atom is 0.168 e. The van der Waals surface area contributed by atoms with Crippen LogP contribution in [0.4, 0.5) is 0 Å². The van der Waals surface area contributed by atoms with Crippen LogP contribution in [0.3, 0.4) is 0 Å². The summed E-state index contributed by atoms with van der Waals surface area (Å²) >= 11 is 0. The monoisotopic (exact) mass is 413 g/mol. The standard InChI is InChI=1S/C24H27N7/c1-2-8-19(9-3-1)23(24-28-29-30-31(24)17-18-7-6-13-25-15-18)26-14-12-20-16-27-22-11-5-4-10-21(20)22/h1-2,4-7,10-11,13,15-16,19,23,26-27H,3,8-9,12,14,17H2. The molecular weight excluding hydrogens is 386 g/mol. The molecule has 158 valence electrons. The van der Waals surface area contributed by atoms with Crippen molar-refractivity contribution in [1.82, 2.24) is 35.5 Å². The molecule has 0 spiro atoms. The molecule has 5 rings (SSSR count). The third kappa shape index (κ3) is 4.41. The number of aromatic amines is 1. The number of hydrogen-bond donors (Lipinski definition) is 2. The van der Waals surface area contributed by atoms with E-state index in [1.54, 1.807) is 6.20 Å². The van der Waals surface area contributed by atoms with Crippen molar-refractivity contribution < 1.29 is 0 Å². The predicted octanol–water partition coefficient (Wildman–Crippen LogP) is 3.83. The zero-order valence-electron chi connectivity index (χ0n) is 17.5. The highest BCUT2D eigenvalue weighted by molar-refractivity contribution is 5.83. The summed E-state index contributed by atoms with van der Waals surface area (Å²) in [5.74, 6) is 1.38. The van der Waals surface area contributed by atoms with Gasteiger partial charge in [-0.15, -0.1) is 5.10 Å². The van der Waals surface area contributed by atoms with Crippen molar-refractivity contribution in [3.63, 3.8) is 0 Å². The van der Waals surface area contributed by atoms with E-state index in [4.69, 9.17) is 0 Å². The minimum Gasteiger partial charge on any atom is -0.361 e. The summed E-state index contributed by atoms with van der Waals surface area (Å²) in [6.45, 7) is 1.49. The Kier molecular flexibility index (Phi) is 5.84. The fourth-order valence-electron chi connectivity index (χ4n) is 4.50. The summed E-state index contributed by atoms with van der Waals surface area (Å²) in [6, 6.07) is 12.6. The molecule has 4 aromatic rings. The summed E-state index contributed by atoms with van der Waals surface area (Å²) in [4.78, 5) is 7.60. The van der Waals surface area contributed by atoms with Gasteiger partial charge in [0.25, 0.3) is 0 Å². The van der Waals surface area contributed by atoms with E-state index in [9.17, 15) is 0 Å². The van der Waals surface area contributed by atoms with Gasteiger partial charge in [0.1, 0.15) is 0 Å². The quantitative estimate of drug-likeness (QED) is 0.429. The van der Waals surface area contributed by atoms with Crippen molar-refractivity contribution in [2.75, 3.05) is 6.54 Å². The van der Waals surface area contributed by atoms with Crippen molar-refractivity contribution in [2.24, 2.45) is 5.92 Å². The SMILES string of the molecule is C1=CCC(C(NCCc2c[nH]c3ccccc23)c2nnnn2Cc2cccnc2)CC1. The van der Waals surface area contributed by atoms with Gasteiger partial charge in [0.05, 0.1) is 12.6 Å². The zero-order valence-corrected chi connectivity index (χ0v) is 17.5. The molecule has 7 heteroatoms. The Labute approximate surface area is 181 Å². The minimum atomic E-state index is 0.113. The molecule has 2 N–H and O–H groups in total. The van der Waals surface area contributed by atoms with Crippen LogP contribution in [0.15, 0.2) is 67.1 Å². The second kappa shape index (κ2) is 9.22. The normalized spacial score (nSPS) is 17.2. The number of hydrogen-bond acceptors (Lipinski definition) is 5. The molecule has 0 fully saturated rings. The summed E-state index contributed by atoms with van der Waals surface area (Å²) in [5.41, 5.74) is 3.62. The van der Waals surface area contributed by atoms with Crippen molar-refractivity contribution in [3.05, 3.63) is 84.1 Å². The molecule has 1 aliphatic carbocycles. The maximum absolute atomic E-state index is 4.44. The Bertz CT molecular complexity index is 1140. The van der Waals surface area contributed by atoms with Gasteiger partial charge in [-0.05, 0) is 71.8 Å². The van der Waals surface area contributed by atoms with E-state index in [1.807, 2.05) is 16.9 Å². The highest BCUT2D eigenvalue weighted by Crippen LogP contribution is 2.31. The first kappa shape index (κ1) is 19.6. The van der Waals surface area contributed by atoms with Crippen molar-refractivity contribution >= 4 is 10.9 Å². The Morgan fingerprint density at radius 3 is 3.00 bits per heavy atom. The molecular formula is C24H27N7. The van der Waals surface area contributed by atoms with Gasteiger partial charge in [0, 0.05) is 29.5 Å². The lowest BCUT2D eigenvalue weighted by Crippen LogP contribution is -2.33. The van der Waals surface area contributed by atoms with Crippen LogP contribution in [-0.2, 0) is 13.0 Å². The first-order valence-electron chi connectivity index (χ1n) is 11.0. The Morgan fingerprint density at radius 2 is 2.13 bits per heavy atom. The van der Waals surface area contributed by atoms with E-state index < -0.39 is 0 Å². The van der Waals surface area contributed by atoms with Crippen LogP contribution in [0, 0.1) is 5.92 Å². The van der Waals surface area contributed by atoms with E-state index in [0.29, 0.717) is 12.5 Å². The molecule has 0 aliphatic heterocycles. The number of nitrogens with one attached hydrogen (secondary N) is 2. The molecule has 0 amide bonds. The van der Waals surface area contributed by atoms with Gasteiger partial charge in [-0.1, -0.05) is 36.4 Å². The second-order valence-electron chi connectivity index (χ2n) is 8.14. The van der Waals surface area contributed by atoms with E-state index >= 15 is 0 Å². The van der Waals surface area contributed by atoms with E-state index in [0.717, 1.165) is 43.6 Å². The largest absolute Gasteiger partial charge is 0.361 e. The van der Waals surface area contributed by atoms with Gasteiger partial charge in [0.15, 0.2) is 5.82 Å². The topological polar surface area (TPSA) is 84.3 Å². The predicted molar refractivity (Wildman–Crippen MR) is 120 cm³/mol. The number of rotatable bonds is 8. The molecule has 1 aliphatic rings. The van der Waals surface area contributed by atoms with E-state index in [1.165, 1.54) is 16.5 Å². The molecule has 0 bridgehead atoms. The van der Waals surface area contributed by atoms with Crippen molar-refractivity contribution in [1.29, 1.82) is 0 Å². The lowest BCUT2D eigenvalue weighted by atomic mass is 9.87. The summed E-state index contributed by atoms with van der Waals surface area (Å²) in [6.07, 6.45) is 14.6. The third-order valence-electron chi connectivity index (χ3n) is 6.11. The van der Waals surface area contributed by atoms with Gasteiger partial charge in [-0.3, -0.25) is 4.98 Å². The second-order valence-corrected chi connectivity index (χ2v) is 8.14. The van der Waals surface area contributed by atoms with Gasteiger partial charge in [0.2, 0.25) is 0 Å². The number of benzene rings is 1. The van der Waals surface area contributed by atoms with Crippen LogP contribution in [0.5, 0.6) is 0 Å². The molecule has 0 saturated carbocycles. The molecule has 1 aromatic carbocycles. The number of para-hydroxylation sites is 1. The van der Waals surface area contributed by atoms with Gasteiger partial charge in [-0.25, -0.2) is 4.68 Å². The van der Waals surface area contributed by atoms with E-state index in [-0.39, 0.29) is 6.04 Å². The van der Waals surface area contributed by atoms with Crippen LogP contribution in [0.1, 0.15) is 42.3 Å². The highest BCUT2D eigenvalue weighted by Gasteiger charge is 2.28. The number of tetrazole rings is 1. The average molecular weight is 414 g/mol. The summed E-state index contributed by atoms with van der Waals surface area (Å²) < 4.78 is 1.92. The van der Waals surface area contributed by atoms with Gasteiger partial charge >= 0.3 is 0 Å². The Morgan fingerprint density at radius 1 is 1.16 bits per heavy atom. The number of H-pyrrole nitrogens is 1. The van der Waals surface area contributed by atoms with Crippen LogP contribution in [0.2, 0.25) is 0 Å². The molecule has 0 saturated heterocycles. The summed E-state index contributed by atoms with van der Waals surface area (Å²) in [5, 5.41) is 17.8. The summed E-state index contributed by atoms with van der Waals surface area (Å²) in [7, 11) is 0. The number of aromatic nitrogens is 6. The van der Waals surface area contributed by atoms with Crippen molar-refractivity contribution in [2.45, 2.75) is 38.3 Å². The molecule has 7 nitrogen and oxygen atoms in total. The van der Waals surface area contributed by atoms with Crippen LogP contribution in [0.25, 0.3) is 10.9 Å². The average Bonchev–Trinajstić information content (AvgIpc) is 3.45. The Hall–Kier alpha value is -3.32. The third-order valence-corrected chi connectivity index (χ3v) is 6.11. The molecule has 3 heterocycles. The zero-order chi connectivity index (χ0) is 20.9. The van der Waals surface area contributed by atoms with Crippen LogP contribution in [-0.4, -0.2) is 36.7 Å². The first-order valence-corrected chi connectivity index (χ1v) is 11.0. The lowest BCUT2D eigenvalue weighted by molar-refractivity contribution is 0.315. The minimum absolute atomic E-state index is 0.113. The fraction of sp³-hybridized carbons (Fsp3) is 0.333. The Balaban J connectivity index is 1.34. The van der Waals surface area contributed by atoms with Crippen LogP contribution >= 0.6 is 0 Å². The molecule has 2 atom stereocenters. The molecule has 0 radical (unpaired) electrons. The highest BCUT2D eigenvalue weighted by atomic mass is 15.5. The number of nitrogens with zero attached hydrogens (tertiary/aromatic N) is 5. The maximum atomic E-state index is 4.44. The molecule has 2 unspecified atom stereocenters. The molecule has 3 aromatic heterocycles. The number of fused-ring (bicyclic) bond motifs is 1. The number of allylic oxidation sites excluding steroid dienone is 2. The van der Waals surface area contributed by atoms with Gasteiger partial charge in [-0.2, -0.15) is 0 Å².